The van der Waals surface area contributed by atoms with Crippen LogP contribution in [0.25, 0.3) is 10.8 Å². The van der Waals surface area contributed by atoms with Gasteiger partial charge < -0.3 is 4.90 Å². The summed E-state index contributed by atoms with van der Waals surface area (Å²) in [5, 5.41) is 5.89. The number of rotatable bonds is 6. The van der Waals surface area contributed by atoms with Crippen molar-refractivity contribution in [2.24, 2.45) is 0 Å². The predicted molar refractivity (Wildman–Crippen MR) is 123 cm³/mol. The van der Waals surface area contributed by atoms with Crippen molar-refractivity contribution in [3.05, 3.63) is 90.3 Å². The Bertz CT molecular complexity index is 1410. The molecule has 1 amide bonds. The van der Waals surface area contributed by atoms with Crippen LogP contribution in [0.5, 0.6) is 0 Å². The van der Waals surface area contributed by atoms with Gasteiger partial charge in [0.05, 0.1) is 23.3 Å². The summed E-state index contributed by atoms with van der Waals surface area (Å²) >= 11 is 0. The second-order valence-corrected chi connectivity index (χ2v) is 9.76. The zero-order valence-electron chi connectivity index (χ0n) is 17.5. The molecular formula is C24H22N4O3S. The van der Waals surface area contributed by atoms with Gasteiger partial charge in [0.2, 0.25) is 5.91 Å². The molecule has 4 aromatic rings. The third-order valence-corrected chi connectivity index (χ3v) is 7.48. The second kappa shape index (κ2) is 7.80. The minimum atomic E-state index is -3.76. The fourth-order valence-electron chi connectivity index (χ4n) is 4.08. The van der Waals surface area contributed by atoms with Crippen LogP contribution < -0.4 is 4.31 Å². The fourth-order valence-corrected chi connectivity index (χ4v) is 5.74. The molecule has 7 nitrogen and oxygen atoms in total. The summed E-state index contributed by atoms with van der Waals surface area (Å²) < 4.78 is 29.2. The first kappa shape index (κ1) is 20.3. The molecule has 0 fully saturated rings. The maximum Gasteiger partial charge on any atom is 0.265 e. The normalized spacial score (nSPS) is 14.1. The summed E-state index contributed by atoms with van der Waals surface area (Å²) in [6, 6.07) is 20.6. The van der Waals surface area contributed by atoms with Crippen LogP contribution in [0.2, 0.25) is 0 Å². The van der Waals surface area contributed by atoms with E-state index < -0.39 is 10.0 Å². The number of hydrogen-bond acceptors (Lipinski definition) is 4. The highest BCUT2D eigenvalue weighted by atomic mass is 32.2. The van der Waals surface area contributed by atoms with Gasteiger partial charge in [-0.15, -0.1) is 0 Å². The van der Waals surface area contributed by atoms with E-state index in [0.29, 0.717) is 24.2 Å². The molecule has 3 aromatic carbocycles. The summed E-state index contributed by atoms with van der Waals surface area (Å²) in [5.74, 6) is -0.283. The van der Waals surface area contributed by atoms with E-state index >= 15 is 0 Å². The van der Waals surface area contributed by atoms with Gasteiger partial charge in [0, 0.05) is 30.7 Å². The van der Waals surface area contributed by atoms with Crippen LogP contribution in [0.3, 0.4) is 0 Å². The van der Waals surface area contributed by atoms with Crippen LogP contribution in [-0.4, -0.2) is 42.6 Å². The van der Waals surface area contributed by atoms with Gasteiger partial charge in [-0.3, -0.25) is 13.8 Å². The zero-order valence-corrected chi connectivity index (χ0v) is 18.4. The van der Waals surface area contributed by atoms with Crippen molar-refractivity contribution in [2.75, 3.05) is 17.9 Å². The van der Waals surface area contributed by atoms with Crippen molar-refractivity contribution in [3.8, 4) is 0 Å². The number of anilines is 1. The molecule has 0 N–H and O–H groups in total. The quantitative estimate of drug-likeness (QED) is 0.456. The molecule has 0 spiro atoms. The summed E-state index contributed by atoms with van der Waals surface area (Å²) in [4.78, 5) is 14.7. The third-order valence-electron chi connectivity index (χ3n) is 5.68. The molecule has 0 saturated carbocycles. The maximum absolute atomic E-state index is 13.1. The van der Waals surface area contributed by atoms with Gasteiger partial charge in [0.1, 0.15) is 6.54 Å². The lowest BCUT2D eigenvalue weighted by Gasteiger charge is -2.22. The number of aromatic nitrogens is 2. The lowest BCUT2D eigenvalue weighted by Crippen LogP contribution is -2.39. The Morgan fingerprint density at radius 1 is 0.969 bits per heavy atom. The van der Waals surface area contributed by atoms with Crippen molar-refractivity contribution < 1.29 is 13.2 Å². The molecule has 1 aromatic heterocycles. The summed E-state index contributed by atoms with van der Waals surface area (Å²) in [7, 11) is -2.09. The van der Waals surface area contributed by atoms with E-state index in [1.165, 1.54) is 9.21 Å². The van der Waals surface area contributed by atoms with Crippen LogP contribution in [0.1, 0.15) is 11.1 Å². The minimum absolute atomic E-state index is 0.245. The van der Waals surface area contributed by atoms with Crippen molar-refractivity contribution in [1.82, 2.24) is 14.7 Å². The van der Waals surface area contributed by atoms with Gasteiger partial charge in [0.15, 0.2) is 0 Å². The Morgan fingerprint density at radius 3 is 2.50 bits per heavy atom. The molecule has 8 heteroatoms. The lowest BCUT2D eigenvalue weighted by molar-refractivity contribution is -0.128. The van der Waals surface area contributed by atoms with Gasteiger partial charge in [-0.25, -0.2) is 8.42 Å². The van der Waals surface area contributed by atoms with Gasteiger partial charge in [-0.1, -0.05) is 54.6 Å². The van der Waals surface area contributed by atoms with Crippen molar-refractivity contribution in [1.29, 1.82) is 0 Å². The number of amides is 1. The van der Waals surface area contributed by atoms with E-state index in [0.717, 1.165) is 16.5 Å². The second-order valence-electron chi connectivity index (χ2n) is 7.92. The zero-order chi connectivity index (χ0) is 22.3. The SMILES string of the molecule is CN(Cc1cnn(Cc2ccccc2)c1)C(=O)CN1c2cccc3cccc(c23)S1(=O)=O. The number of benzene rings is 3. The number of nitrogens with zero attached hydrogens (tertiary/aromatic N) is 4. The molecular weight excluding hydrogens is 424 g/mol. The van der Waals surface area contributed by atoms with Gasteiger partial charge in [-0.2, -0.15) is 5.10 Å². The predicted octanol–water partition coefficient (Wildman–Crippen LogP) is 3.25. The Labute approximate surface area is 186 Å². The highest BCUT2D eigenvalue weighted by molar-refractivity contribution is 7.93. The Balaban J connectivity index is 1.30. The first-order chi connectivity index (χ1) is 15.4. The maximum atomic E-state index is 13.1. The summed E-state index contributed by atoms with van der Waals surface area (Å²) in [5.41, 5.74) is 2.57. The molecule has 0 bridgehead atoms. The summed E-state index contributed by atoms with van der Waals surface area (Å²) in [6.45, 7) is 0.746. The average Bonchev–Trinajstić information content (AvgIpc) is 3.31. The first-order valence-corrected chi connectivity index (χ1v) is 11.7. The standard InChI is InChI=1S/C24H22N4O3S/c1-26(14-19-13-25-27(16-19)15-18-7-3-2-4-8-18)23(29)17-28-21-11-5-9-20-10-6-12-22(24(20)21)32(28,30)31/h2-13,16H,14-15,17H2,1H3. The number of hydrogen-bond donors (Lipinski definition) is 0. The van der Waals surface area contributed by atoms with Crippen LogP contribution in [0.4, 0.5) is 5.69 Å². The molecule has 0 saturated heterocycles. The van der Waals surface area contributed by atoms with E-state index in [2.05, 4.69) is 5.10 Å². The van der Waals surface area contributed by atoms with Crippen molar-refractivity contribution >= 4 is 32.4 Å². The van der Waals surface area contributed by atoms with Crippen LogP contribution in [-0.2, 0) is 27.9 Å². The van der Waals surface area contributed by atoms with Crippen LogP contribution >= 0.6 is 0 Å². The van der Waals surface area contributed by atoms with E-state index in [9.17, 15) is 13.2 Å². The van der Waals surface area contributed by atoms with Crippen LogP contribution in [0, 0.1) is 0 Å². The molecule has 162 valence electrons. The van der Waals surface area contributed by atoms with Crippen molar-refractivity contribution in [2.45, 2.75) is 18.0 Å². The van der Waals surface area contributed by atoms with E-state index in [-0.39, 0.29) is 17.3 Å². The minimum Gasteiger partial charge on any atom is -0.340 e. The molecule has 0 unspecified atom stereocenters. The van der Waals surface area contributed by atoms with Crippen LogP contribution in [0.15, 0.2) is 84.0 Å². The number of sulfonamides is 1. The van der Waals surface area contributed by atoms with E-state index in [4.69, 9.17) is 0 Å². The molecule has 0 radical (unpaired) electrons. The molecule has 1 aliphatic rings. The average molecular weight is 447 g/mol. The molecule has 1 aliphatic heterocycles. The number of carbonyl (C=O) groups excluding carboxylic acids is 1. The molecule has 32 heavy (non-hydrogen) atoms. The first-order valence-electron chi connectivity index (χ1n) is 10.3. The highest BCUT2D eigenvalue weighted by Crippen LogP contribution is 2.41. The Kier molecular flexibility index (Phi) is 4.94. The fraction of sp³-hybridized carbons (Fsp3) is 0.167. The summed E-state index contributed by atoms with van der Waals surface area (Å²) in [6.07, 6.45) is 3.63. The van der Waals surface area contributed by atoms with Gasteiger partial charge >= 0.3 is 0 Å². The number of carbonyl (C=O) groups is 1. The Hall–Kier alpha value is -3.65. The number of likely N-dealkylation sites (N-methyl/N-ethyl adjacent to an activating group) is 1. The Morgan fingerprint density at radius 2 is 1.72 bits per heavy atom. The van der Waals surface area contributed by atoms with Gasteiger partial charge in [0.25, 0.3) is 10.0 Å². The molecule has 0 atom stereocenters. The smallest absolute Gasteiger partial charge is 0.265 e. The molecule has 2 heterocycles. The third kappa shape index (κ3) is 3.52. The lowest BCUT2D eigenvalue weighted by atomic mass is 10.1. The molecule has 0 aliphatic carbocycles. The van der Waals surface area contributed by atoms with Gasteiger partial charge in [-0.05, 0) is 23.1 Å². The molecule has 5 rings (SSSR count). The topological polar surface area (TPSA) is 75.5 Å². The van der Waals surface area contributed by atoms with Crippen molar-refractivity contribution in [3.63, 3.8) is 0 Å². The van der Waals surface area contributed by atoms with E-state index in [1.54, 1.807) is 31.4 Å². The van der Waals surface area contributed by atoms with E-state index in [1.807, 2.05) is 59.4 Å². The highest BCUT2D eigenvalue weighted by Gasteiger charge is 2.37. The largest absolute Gasteiger partial charge is 0.340 e. The monoisotopic (exact) mass is 446 g/mol.